The molecule has 0 bridgehead atoms. The lowest BCUT2D eigenvalue weighted by molar-refractivity contribution is 0.130. The van der Waals surface area contributed by atoms with Crippen molar-refractivity contribution in [3.05, 3.63) is 24.2 Å². The first-order chi connectivity index (χ1) is 9.81. The van der Waals surface area contributed by atoms with Gasteiger partial charge >= 0.3 is 0 Å². The fourth-order valence-corrected chi connectivity index (χ4v) is 4.34. The zero-order valence-electron chi connectivity index (χ0n) is 12.3. The van der Waals surface area contributed by atoms with Crippen molar-refractivity contribution < 1.29 is 4.42 Å². The zero-order chi connectivity index (χ0) is 13.8. The highest BCUT2D eigenvalue weighted by Crippen LogP contribution is 2.40. The molecule has 1 heterocycles. The maximum Gasteiger partial charge on any atom is 0.117 e. The van der Waals surface area contributed by atoms with Crippen LogP contribution in [-0.2, 0) is 6.54 Å². The van der Waals surface area contributed by atoms with Crippen LogP contribution in [0.4, 0.5) is 0 Å². The van der Waals surface area contributed by atoms with Gasteiger partial charge < -0.3 is 4.42 Å². The van der Waals surface area contributed by atoms with Crippen molar-refractivity contribution in [3.63, 3.8) is 0 Å². The van der Waals surface area contributed by atoms with Crippen molar-refractivity contribution >= 4 is 15.9 Å². The van der Waals surface area contributed by atoms with Gasteiger partial charge in [0.15, 0.2) is 0 Å². The van der Waals surface area contributed by atoms with Crippen LogP contribution in [0.3, 0.4) is 0 Å². The van der Waals surface area contributed by atoms with Crippen molar-refractivity contribution in [2.45, 2.75) is 64.0 Å². The van der Waals surface area contributed by atoms with E-state index in [-0.39, 0.29) is 0 Å². The number of halogens is 1. The smallest absolute Gasteiger partial charge is 0.117 e. The number of hydrogen-bond acceptors (Lipinski definition) is 2. The molecule has 0 amide bonds. The Morgan fingerprint density at radius 1 is 1.20 bits per heavy atom. The fraction of sp³-hybridized carbons (Fsp3) is 0.765. The fourth-order valence-electron chi connectivity index (χ4n) is 3.60. The topological polar surface area (TPSA) is 16.4 Å². The van der Waals surface area contributed by atoms with Crippen LogP contribution in [0.1, 0.15) is 57.1 Å². The van der Waals surface area contributed by atoms with Gasteiger partial charge in [0.1, 0.15) is 5.76 Å². The maximum absolute atomic E-state index is 5.57. The van der Waals surface area contributed by atoms with Gasteiger partial charge in [0.2, 0.25) is 0 Å². The lowest BCUT2D eigenvalue weighted by atomic mass is 9.82. The van der Waals surface area contributed by atoms with Crippen molar-refractivity contribution in [3.8, 4) is 0 Å². The molecule has 2 saturated carbocycles. The molecule has 2 aliphatic carbocycles. The van der Waals surface area contributed by atoms with Crippen LogP contribution < -0.4 is 0 Å². The second kappa shape index (κ2) is 6.65. The predicted molar refractivity (Wildman–Crippen MR) is 86.1 cm³/mol. The Hall–Kier alpha value is -0.280. The molecule has 3 heteroatoms. The lowest BCUT2D eigenvalue weighted by Crippen LogP contribution is -2.39. The van der Waals surface area contributed by atoms with E-state index in [9.17, 15) is 0 Å². The quantitative estimate of drug-likeness (QED) is 0.536. The number of alkyl halides is 1. The summed E-state index contributed by atoms with van der Waals surface area (Å²) in [6.07, 6.45) is 13.0. The molecule has 20 heavy (non-hydrogen) atoms. The van der Waals surface area contributed by atoms with Crippen LogP contribution in [0.25, 0.3) is 0 Å². The minimum atomic E-state index is 0.492. The molecule has 0 radical (unpaired) electrons. The first-order valence-electron chi connectivity index (χ1n) is 8.14. The Labute approximate surface area is 131 Å². The summed E-state index contributed by atoms with van der Waals surface area (Å²) in [5.41, 5.74) is 0.492. The Bertz CT molecular complexity index is 391. The molecule has 1 aromatic heterocycles. The third kappa shape index (κ3) is 3.67. The van der Waals surface area contributed by atoms with Gasteiger partial charge in [-0.15, -0.1) is 0 Å². The molecule has 0 aliphatic heterocycles. The van der Waals surface area contributed by atoms with Gasteiger partial charge in [0.05, 0.1) is 12.8 Å². The normalized spacial score (nSPS) is 22.9. The minimum Gasteiger partial charge on any atom is -0.468 e. The van der Waals surface area contributed by atoms with Gasteiger partial charge in [0, 0.05) is 17.9 Å². The van der Waals surface area contributed by atoms with Gasteiger partial charge in [-0.05, 0) is 43.2 Å². The van der Waals surface area contributed by atoms with Crippen LogP contribution in [-0.4, -0.2) is 22.8 Å². The molecular weight excluding hydrogens is 314 g/mol. The van der Waals surface area contributed by atoms with Crippen LogP contribution in [0.5, 0.6) is 0 Å². The molecule has 3 rings (SSSR count). The van der Waals surface area contributed by atoms with Crippen LogP contribution >= 0.6 is 15.9 Å². The highest BCUT2D eigenvalue weighted by molar-refractivity contribution is 9.09. The number of nitrogens with zero attached hydrogens (tertiary/aromatic N) is 1. The molecular formula is C17H26BrNO. The summed E-state index contributed by atoms with van der Waals surface area (Å²) >= 11 is 3.83. The van der Waals surface area contributed by atoms with E-state index in [0.717, 1.165) is 23.7 Å². The predicted octanol–water partition coefficient (Wildman–Crippen LogP) is 4.98. The number of rotatable bonds is 6. The third-order valence-electron chi connectivity index (χ3n) is 4.99. The summed E-state index contributed by atoms with van der Waals surface area (Å²) in [7, 11) is 0. The molecule has 1 aromatic rings. The molecule has 2 nitrogen and oxygen atoms in total. The Morgan fingerprint density at radius 3 is 2.50 bits per heavy atom. The monoisotopic (exact) mass is 339 g/mol. The molecule has 0 saturated heterocycles. The molecule has 2 fully saturated rings. The highest BCUT2D eigenvalue weighted by Gasteiger charge is 2.37. The van der Waals surface area contributed by atoms with Crippen LogP contribution in [0, 0.1) is 5.41 Å². The molecule has 0 N–H and O–H groups in total. The molecule has 0 spiro atoms. The van der Waals surface area contributed by atoms with E-state index in [1.54, 1.807) is 6.26 Å². The van der Waals surface area contributed by atoms with E-state index in [2.05, 4.69) is 26.9 Å². The van der Waals surface area contributed by atoms with Crippen molar-refractivity contribution in [2.75, 3.05) is 11.9 Å². The van der Waals surface area contributed by atoms with Crippen LogP contribution in [0.2, 0.25) is 0 Å². The van der Waals surface area contributed by atoms with E-state index in [4.69, 9.17) is 4.42 Å². The average molecular weight is 340 g/mol. The first-order valence-corrected chi connectivity index (χ1v) is 9.26. The highest BCUT2D eigenvalue weighted by atomic mass is 79.9. The van der Waals surface area contributed by atoms with Crippen molar-refractivity contribution in [1.82, 2.24) is 4.90 Å². The summed E-state index contributed by atoms with van der Waals surface area (Å²) in [5, 5.41) is 1.15. The Kier molecular flexibility index (Phi) is 4.87. The van der Waals surface area contributed by atoms with E-state index in [1.165, 1.54) is 57.9 Å². The molecule has 0 unspecified atom stereocenters. The van der Waals surface area contributed by atoms with Crippen molar-refractivity contribution in [1.29, 1.82) is 0 Å². The second-order valence-corrected chi connectivity index (χ2v) is 7.32. The van der Waals surface area contributed by atoms with E-state index in [0.29, 0.717) is 5.41 Å². The molecule has 0 aromatic carbocycles. The Morgan fingerprint density at radius 2 is 1.95 bits per heavy atom. The summed E-state index contributed by atoms with van der Waals surface area (Å²) in [6, 6.07) is 4.93. The van der Waals surface area contributed by atoms with Gasteiger partial charge in [-0.25, -0.2) is 0 Å². The maximum atomic E-state index is 5.57. The van der Waals surface area contributed by atoms with Crippen LogP contribution in [0.15, 0.2) is 22.8 Å². The number of furan rings is 1. The molecule has 112 valence electrons. The summed E-state index contributed by atoms with van der Waals surface area (Å²) in [5.74, 6) is 1.12. The SMILES string of the molecule is BrCC1(CN(Cc2ccco2)C2CC2)CCCCCC1. The minimum absolute atomic E-state index is 0.492. The van der Waals surface area contributed by atoms with Gasteiger partial charge in [-0.2, -0.15) is 0 Å². The van der Waals surface area contributed by atoms with Crippen molar-refractivity contribution in [2.24, 2.45) is 5.41 Å². The van der Waals surface area contributed by atoms with E-state index < -0.39 is 0 Å². The first kappa shape index (κ1) is 14.6. The second-order valence-electron chi connectivity index (χ2n) is 6.76. The Balaban J connectivity index is 1.67. The standard InChI is InChI=1S/C17H26BrNO/c18-13-17(9-3-1-2-4-10-17)14-19(15-7-8-15)12-16-6-5-11-20-16/h5-6,11,15H,1-4,7-10,12-14H2. The largest absolute Gasteiger partial charge is 0.468 e. The summed E-state index contributed by atoms with van der Waals surface area (Å²) in [4.78, 5) is 2.69. The third-order valence-corrected chi connectivity index (χ3v) is 6.18. The van der Waals surface area contributed by atoms with Gasteiger partial charge in [0.25, 0.3) is 0 Å². The summed E-state index contributed by atoms with van der Waals surface area (Å²) < 4.78 is 5.57. The average Bonchev–Trinajstić information content (AvgIpc) is 3.23. The van der Waals surface area contributed by atoms with E-state index in [1.807, 2.05) is 6.07 Å². The molecule has 0 atom stereocenters. The zero-order valence-corrected chi connectivity index (χ0v) is 13.9. The molecule has 2 aliphatic rings. The van der Waals surface area contributed by atoms with Gasteiger partial charge in [-0.1, -0.05) is 41.6 Å². The lowest BCUT2D eigenvalue weighted by Gasteiger charge is -2.36. The van der Waals surface area contributed by atoms with E-state index >= 15 is 0 Å². The summed E-state index contributed by atoms with van der Waals surface area (Å²) in [6.45, 7) is 2.23. The number of hydrogen-bond donors (Lipinski definition) is 0. The van der Waals surface area contributed by atoms with Gasteiger partial charge in [-0.3, -0.25) is 4.90 Å².